The Morgan fingerprint density at radius 3 is 2.76 bits per heavy atom. The molecule has 0 fully saturated rings. The molecule has 4 aromatic rings. The van der Waals surface area contributed by atoms with Crippen molar-refractivity contribution in [3.63, 3.8) is 0 Å². The maximum absolute atomic E-state index is 12.4. The molecule has 3 heterocycles. The molecule has 0 aliphatic heterocycles. The highest BCUT2D eigenvalue weighted by molar-refractivity contribution is 7.17. The minimum atomic E-state index is -0.325. The predicted molar refractivity (Wildman–Crippen MR) is 126 cm³/mol. The number of aliphatic hydroxyl groups is 1. The number of hydrogen-bond acceptors (Lipinski definition) is 8. The number of carbonyl (C=O) groups is 2. The summed E-state index contributed by atoms with van der Waals surface area (Å²) in [7, 11) is 0. The van der Waals surface area contributed by atoms with E-state index in [1.54, 1.807) is 48.8 Å². The lowest BCUT2D eigenvalue weighted by Gasteiger charge is -2.10. The van der Waals surface area contributed by atoms with Crippen LogP contribution in [-0.4, -0.2) is 40.0 Å². The van der Waals surface area contributed by atoms with Crippen LogP contribution in [0.1, 0.15) is 26.3 Å². The third-order valence-electron chi connectivity index (χ3n) is 4.77. The van der Waals surface area contributed by atoms with Crippen LogP contribution in [0.5, 0.6) is 5.75 Å². The number of nitrogens with one attached hydrogen (secondary N) is 2. The quantitative estimate of drug-likeness (QED) is 0.315. The van der Waals surface area contributed by atoms with Gasteiger partial charge in [-0.05, 0) is 29.6 Å². The lowest BCUT2D eigenvalue weighted by molar-refractivity contribution is 0.0945. The zero-order chi connectivity index (χ0) is 23.2. The van der Waals surface area contributed by atoms with E-state index >= 15 is 0 Å². The number of pyridine rings is 2. The van der Waals surface area contributed by atoms with E-state index in [1.165, 1.54) is 17.5 Å². The van der Waals surface area contributed by atoms with Gasteiger partial charge in [-0.25, -0.2) is 4.98 Å². The van der Waals surface area contributed by atoms with Crippen molar-refractivity contribution in [2.45, 2.75) is 6.61 Å². The molecule has 33 heavy (non-hydrogen) atoms. The summed E-state index contributed by atoms with van der Waals surface area (Å²) in [5.74, 6) is 0.296. The van der Waals surface area contributed by atoms with Crippen LogP contribution in [0.4, 0.5) is 11.5 Å². The summed E-state index contributed by atoms with van der Waals surface area (Å²) >= 11 is 1.38. The number of amides is 2. The number of nitrogen functional groups attached to an aromatic ring is 1. The predicted octanol–water partition coefficient (Wildman–Crippen LogP) is 2.83. The number of hydrogen-bond donors (Lipinski definition) is 4. The van der Waals surface area contributed by atoms with Gasteiger partial charge in [0.25, 0.3) is 11.8 Å². The molecular weight excluding hydrogens is 442 g/mol. The summed E-state index contributed by atoms with van der Waals surface area (Å²) in [6.07, 6.45) is 4.55. The third kappa shape index (κ3) is 5.08. The number of nitrogens with two attached hydrogens (primary N) is 1. The standard InChI is InChI=1S/C23H21N5O4S/c24-21-19-15(13-33-20(19)18(11-27-21)23(31)26-8-9-29)12-32-17-3-1-2-16(10-17)28-22(30)14-4-6-25-7-5-14/h1-7,10-11,13,29H,8-9,12H2,(H2,24,27)(H,26,31)(H,28,30). The van der Waals surface area contributed by atoms with Crippen LogP contribution in [0, 0.1) is 0 Å². The second-order valence-electron chi connectivity index (χ2n) is 7.01. The van der Waals surface area contributed by atoms with E-state index in [1.807, 2.05) is 5.38 Å². The molecule has 10 heteroatoms. The second kappa shape index (κ2) is 10.1. The highest BCUT2D eigenvalue weighted by atomic mass is 32.1. The molecule has 0 spiro atoms. The molecule has 0 bridgehead atoms. The monoisotopic (exact) mass is 463 g/mol. The number of fused-ring (bicyclic) bond motifs is 1. The van der Waals surface area contributed by atoms with E-state index in [0.717, 1.165) is 5.56 Å². The normalized spacial score (nSPS) is 10.7. The first-order chi connectivity index (χ1) is 16.1. The minimum absolute atomic E-state index is 0.150. The fourth-order valence-electron chi connectivity index (χ4n) is 3.19. The Bertz CT molecular complexity index is 1290. The number of rotatable bonds is 8. The maximum atomic E-state index is 12.4. The van der Waals surface area contributed by atoms with Crippen LogP contribution in [0.3, 0.4) is 0 Å². The zero-order valence-corrected chi connectivity index (χ0v) is 18.3. The first-order valence-electron chi connectivity index (χ1n) is 10.0. The summed E-state index contributed by atoms with van der Waals surface area (Å²) in [5, 5.41) is 16.9. The van der Waals surface area contributed by atoms with Crippen molar-refractivity contribution in [2.75, 3.05) is 24.2 Å². The van der Waals surface area contributed by atoms with E-state index in [0.29, 0.717) is 38.5 Å². The first kappa shape index (κ1) is 22.2. The van der Waals surface area contributed by atoms with Gasteiger partial charge in [0.15, 0.2) is 0 Å². The molecule has 168 valence electrons. The molecule has 0 saturated heterocycles. The Hall–Kier alpha value is -4.02. The number of aliphatic hydroxyl groups excluding tert-OH is 1. The van der Waals surface area contributed by atoms with Crippen LogP contribution in [0.25, 0.3) is 10.1 Å². The highest BCUT2D eigenvalue weighted by Crippen LogP contribution is 2.33. The lowest BCUT2D eigenvalue weighted by atomic mass is 10.1. The van der Waals surface area contributed by atoms with Crippen molar-refractivity contribution in [3.8, 4) is 5.75 Å². The lowest BCUT2D eigenvalue weighted by Crippen LogP contribution is -2.26. The smallest absolute Gasteiger partial charge is 0.255 e. The molecule has 0 unspecified atom stereocenters. The van der Waals surface area contributed by atoms with E-state index < -0.39 is 0 Å². The molecule has 9 nitrogen and oxygen atoms in total. The van der Waals surface area contributed by atoms with Crippen molar-refractivity contribution < 1.29 is 19.4 Å². The molecule has 3 aromatic heterocycles. The van der Waals surface area contributed by atoms with Crippen molar-refractivity contribution in [1.82, 2.24) is 15.3 Å². The molecule has 0 aliphatic rings. The molecule has 2 amide bonds. The number of aromatic nitrogens is 2. The van der Waals surface area contributed by atoms with Gasteiger partial charge in [0.05, 0.1) is 16.9 Å². The number of anilines is 2. The van der Waals surface area contributed by atoms with Crippen LogP contribution < -0.4 is 21.1 Å². The number of nitrogens with zero attached hydrogens (tertiary/aromatic N) is 2. The maximum Gasteiger partial charge on any atom is 0.255 e. The molecule has 0 saturated carbocycles. The Balaban J connectivity index is 1.49. The Morgan fingerprint density at radius 2 is 1.97 bits per heavy atom. The van der Waals surface area contributed by atoms with Gasteiger partial charge in [-0.2, -0.15) is 0 Å². The fraction of sp³-hybridized carbons (Fsp3) is 0.130. The van der Waals surface area contributed by atoms with Crippen molar-refractivity contribution in [2.24, 2.45) is 0 Å². The molecule has 4 rings (SSSR count). The Kier molecular flexibility index (Phi) is 6.77. The highest BCUT2D eigenvalue weighted by Gasteiger charge is 2.17. The van der Waals surface area contributed by atoms with Gasteiger partial charge in [0.1, 0.15) is 18.2 Å². The second-order valence-corrected chi connectivity index (χ2v) is 7.89. The number of carbonyl (C=O) groups excluding carboxylic acids is 2. The van der Waals surface area contributed by atoms with Gasteiger partial charge in [-0.15, -0.1) is 11.3 Å². The van der Waals surface area contributed by atoms with Gasteiger partial charge in [-0.3, -0.25) is 14.6 Å². The van der Waals surface area contributed by atoms with Crippen molar-refractivity contribution >= 4 is 44.7 Å². The minimum Gasteiger partial charge on any atom is -0.489 e. The molecule has 0 aliphatic carbocycles. The van der Waals surface area contributed by atoms with E-state index in [2.05, 4.69) is 20.6 Å². The third-order valence-corrected chi connectivity index (χ3v) is 5.83. The molecule has 5 N–H and O–H groups in total. The van der Waals surface area contributed by atoms with Gasteiger partial charge in [-0.1, -0.05) is 6.07 Å². The molecule has 1 aromatic carbocycles. The Labute approximate surface area is 193 Å². The van der Waals surface area contributed by atoms with E-state index in [-0.39, 0.29) is 31.6 Å². The Morgan fingerprint density at radius 1 is 1.15 bits per heavy atom. The van der Waals surface area contributed by atoms with Gasteiger partial charge < -0.3 is 26.2 Å². The van der Waals surface area contributed by atoms with E-state index in [4.69, 9.17) is 15.6 Å². The number of thiophene rings is 1. The van der Waals surface area contributed by atoms with Gasteiger partial charge in [0, 0.05) is 53.4 Å². The zero-order valence-electron chi connectivity index (χ0n) is 17.4. The fourth-order valence-corrected chi connectivity index (χ4v) is 4.27. The summed E-state index contributed by atoms with van der Waals surface area (Å²) in [5.41, 5.74) is 8.37. The number of ether oxygens (including phenoxy) is 1. The average Bonchev–Trinajstić information content (AvgIpc) is 3.27. The topological polar surface area (TPSA) is 139 Å². The number of benzene rings is 1. The SMILES string of the molecule is Nc1ncc(C(=O)NCCO)c2scc(COc3cccc(NC(=O)c4ccncc4)c3)c12. The summed E-state index contributed by atoms with van der Waals surface area (Å²) in [6.45, 7) is 0.207. The van der Waals surface area contributed by atoms with Gasteiger partial charge in [0.2, 0.25) is 0 Å². The van der Waals surface area contributed by atoms with Gasteiger partial charge >= 0.3 is 0 Å². The van der Waals surface area contributed by atoms with Crippen LogP contribution >= 0.6 is 11.3 Å². The molecule has 0 atom stereocenters. The summed E-state index contributed by atoms with van der Waals surface area (Å²) in [6, 6.07) is 10.3. The van der Waals surface area contributed by atoms with Crippen LogP contribution in [-0.2, 0) is 6.61 Å². The molecular formula is C23H21N5O4S. The van der Waals surface area contributed by atoms with Crippen molar-refractivity contribution in [1.29, 1.82) is 0 Å². The van der Waals surface area contributed by atoms with Crippen LogP contribution in [0.15, 0.2) is 60.4 Å². The summed E-state index contributed by atoms with van der Waals surface area (Å²) < 4.78 is 6.64. The van der Waals surface area contributed by atoms with E-state index in [9.17, 15) is 9.59 Å². The van der Waals surface area contributed by atoms with Crippen LogP contribution in [0.2, 0.25) is 0 Å². The first-order valence-corrected chi connectivity index (χ1v) is 10.9. The summed E-state index contributed by atoms with van der Waals surface area (Å²) in [4.78, 5) is 32.8. The largest absolute Gasteiger partial charge is 0.489 e. The van der Waals surface area contributed by atoms with Crippen molar-refractivity contribution in [3.05, 3.63) is 77.1 Å². The molecule has 0 radical (unpaired) electrons. The average molecular weight is 464 g/mol.